The monoisotopic (exact) mass is 239 g/mol. The number of hydrogen-bond acceptors (Lipinski definition) is 5. The van der Waals surface area contributed by atoms with Crippen molar-refractivity contribution in [2.75, 3.05) is 19.5 Å². The quantitative estimate of drug-likeness (QED) is 0.289. The summed E-state index contributed by atoms with van der Waals surface area (Å²) >= 11 is 0. The molecule has 0 radical (unpaired) electrons. The van der Waals surface area contributed by atoms with Crippen LogP contribution in [0.15, 0.2) is 18.2 Å². The first-order valence-corrected chi connectivity index (χ1v) is 4.66. The van der Waals surface area contributed by atoms with Crippen molar-refractivity contribution < 1.29 is 19.1 Å². The largest absolute Gasteiger partial charge is 0.497 e. The number of carbonyl (C=O) groups excluding carboxylic acids is 2. The Labute approximate surface area is 97.9 Å². The number of nitrogens with one attached hydrogen (secondary N) is 2. The predicted molar refractivity (Wildman–Crippen MR) is 60.5 cm³/mol. The lowest BCUT2D eigenvalue weighted by Gasteiger charge is -2.10. The number of hydrogen-bond donors (Lipinski definition) is 3. The van der Waals surface area contributed by atoms with Crippen LogP contribution in [0.1, 0.15) is 0 Å². The molecule has 92 valence electrons. The summed E-state index contributed by atoms with van der Waals surface area (Å²) in [4.78, 5) is 22.3. The van der Waals surface area contributed by atoms with Gasteiger partial charge in [-0.15, -0.1) is 0 Å². The summed E-state index contributed by atoms with van der Waals surface area (Å²) in [6.45, 7) is 0. The number of amides is 2. The van der Waals surface area contributed by atoms with Crippen LogP contribution >= 0.6 is 0 Å². The van der Waals surface area contributed by atoms with Crippen LogP contribution in [0, 0.1) is 0 Å². The van der Waals surface area contributed by atoms with E-state index in [1.54, 1.807) is 17.6 Å². The number of benzene rings is 1. The van der Waals surface area contributed by atoms with E-state index in [4.69, 9.17) is 15.3 Å². The van der Waals surface area contributed by atoms with E-state index in [1.807, 2.05) is 0 Å². The lowest BCUT2D eigenvalue weighted by atomic mass is 10.2. The van der Waals surface area contributed by atoms with Gasteiger partial charge in [-0.05, 0) is 12.1 Å². The summed E-state index contributed by atoms with van der Waals surface area (Å²) in [6, 6.07) is 4.80. The fourth-order valence-corrected chi connectivity index (χ4v) is 1.16. The van der Waals surface area contributed by atoms with Crippen molar-refractivity contribution in [3.05, 3.63) is 18.2 Å². The third-order valence-corrected chi connectivity index (χ3v) is 1.99. The predicted octanol–water partition coefficient (Wildman–Crippen LogP) is -0.368. The van der Waals surface area contributed by atoms with Gasteiger partial charge in [0.2, 0.25) is 0 Å². The zero-order valence-corrected chi connectivity index (χ0v) is 9.44. The van der Waals surface area contributed by atoms with Gasteiger partial charge in [-0.1, -0.05) is 0 Å². The summed E-state index contributed by atoms with van der Waals surface area (Å²) < 4.78 is 10.0. The lowest BCUT2D eigenvalue weighted by molar-refractivity contribution is -0.136. The Morgan fingerprint density at radius 1 is 1.18 bits per heavy atom. The molecule has 1 aromatic carbocycles. The molecule has 7 nitrogen and oxygen atoms in total. The van der Waals surface area contributed by atoms with Crippen molar-refractivity contribution in [1.29, 1.82) is 0 Å². The third-order valence-electron chi connectivity index (χ3n) is 1.99. The number of ether oxygens (including phenoxy) is 2. The Kier molecular flexibility index (Phi) is 4.29. The Morgan fingerprint density at radius 2 is 1.88 bits per heavy atom. The summed E-state index contributed by atoms with van der Waals surface area (Å²) in [5, 5.41) is 2.35. The van der Waals surface area contributed by atoms with Crippen LogP contribution in [0.25, 0.3) is 0 Å². The fraction of sp³-hybridized carbons (Fsp3) is 0.200. The van der Waals surface area contributed by atoms with Crippen molar-refractivity contribution in [1.82, 2.24) is 5.43 Å². The Balaban J connectivity index is 2.95. The van der Waals surface area contributed by atoms with Crippen LogP contribution in [0.5, 0.6) is 11.5 Å². The van der Waals surface area contributed by atoms with Gasteiger partial charge in [-0.3, -0.25) is 15.0 Å². The molecule has 0 fully saturated rings. The molecule has 0 aliphatic carbocycles. The minimum absolute atomic E-state index is 0.320. The second-order valence-electron chi connectivity index (χ2n) is 2.99. The molecule has 0 heterocycles. The zero-order chi connectivity index (χ0) is 12.8. The van der Waals surface area contributed by atoms with Crippen LogP contribution in [0.3, 0.4) is 0 Å². The van der Waals surface area contributed by atoms with E-state index >= 15 is 0 Å². The summed E-state index contributed by atoms with van der Waals surface area (Å²) in [6.07, 6.45) is 0. The highest BCUT2D eigenvalue weighted by Crippen LogP contribution is 2.28. The smallest absolute Gasteiger partial charge is 0.323 e. The molecule has 0 atom stereocenters. The summed E-state index contributed by atoms with van der Waals surface area (Å²) in [5.41, 5.74) is 2.05. The molecule has 7 heteroatoms. The molecule has 0 aliphatic rings. The van der Waals surface area contributed by atoms with Crippen LogP contribution in [0.2, 0.25) is 0 Å². The number of nitrogens with two attached hydrogens (primary N) is 1. The Morgan fingerprint density at radius 3 is 2.41 bits per heavy atom. The molecule has 0 aromatic heterocycles. The number of anilines is 1. The van der Waals surface area contributed by atoms with Gasteiger partial charge in [0, 0.05) is 6.07 Å². The summed E-state index contributed by atoms with van der Waals surface area (Å²) in [7, 11) is 2.93. The second-order valence-corrected chi connectivity index (χ2v) is 2.99. The molecule has 1 aromatic rings. The Bertz CT molecular complexity index is 434. The maximum atomic E-state index is 11.3. The average Bonchev–Trinajstić information content (AvgIpc) is 2.37. The third kappa shape index (κ3) is 3.08. The van der Waals surface area contributed by atoms with E-state index < -0.39 is 11.8 Å². The van der Waals surface area contributed by atoms with Gasteiger partial charge >= 0.3 is 11.8 Å². The number of rotatable bonds is 3. The van der Waals surface area contributed by atoms with Gasteiger partial charge in [0.25, 0.3) is 0 Å². The molecule has 17 heavy (non-hydrogen) atoms. The number of carbonyl (C=O) groups is 2. The summed E-state index contributed by atoms with van der Waals surface area (Å²) in [5.74, 6) is 3.93. The van der Waals surface area contributed by atoms with Gasteiger partial charge < -0.3 is 14.8 Å². The fourth-order valence-electron chi connectivity index (χ4n) is 1.16. The topological polar surface area (TPSA) is 103 Å². The van der Waals surface area contributed by atoms with Crippen LogP contribution in [0.4, 0.5) is 5.69 Å². The average molecular weight is 239 g/mol. The highest BCUT2D eigenvalue weighted by Gasteiger charge is 2.14. The van der Waals surface area contributed by atoms with E-state index in [-0.39, 0.29) is 0 Å². The molecular formula is C10H13N3O4. The Hall–Kier alpha value is -2.28. The molecule has 0 bridgehead atoms. The van der Waals surface area contributed by atoms with Crippen LogP contribution in [-0.2, 0) is 9.59 Å². The maximum Gasteiger partial charge on any atom is 0.323 e. The van der Waals surface area contributed by atoms with Gasteiger partial charge in [0.05, 0.1) is 19.9 Å². The normalized spacial score (nSPS) is 9.35. The molecule has 0 saturated carbocycles. The van der Waals surface area contributed by atoms with Crippen LogP contribution < -0.4 is 26.1 Å². The highest BCUT2D eigenvalue weighted by molar-refractivity contribution is 6.39. The molecule has 2 amide bonds. The maximum absolute atomic E-state index is 11.3. The van der Waals surface area contributed by atoms with Crippen molar-refractivity contribution in [3.63, 3.8) is 0 Å². The standard InChI is InChI=1S/C10H13N3O4/c1-16-6-3-4-8(17-2)7(5-6)12-9(14)10(15)13-11/h3-5H,11H2,1-2H3,(H,12,14)(H,13,15). The number of hydrazine groups is 1. The molecular weight excluding hydrogens is 226 g/mol. The van der Waals surface area contributed by atoms with Crippen molar-refractivity contribution in [2.24, 2.45) is 5.84 Å². The molecule has 0 spiro atoms. The van der Waals surface area contributed by atoms with Crippen LogP contribution in [-0.4, -0.2) is 26.0 Å². The van der Waals surface area contributed by atoms with Crippen molar-refractivity contribution in [2.45, 2.75) is 0 Å². The second kappa shape index (κ2) is 5.71. The molecule has 1 rings (SSSR count). The van der Waals surface area contributed by atoms with E-state index in [9.17, 15) is 9.59 Å². The van der Waals surface area contributed by atoms with Gasteiger partial charge in [-0.2, -0.15) is 0 Å². The first kappa shape index (κ1) is 12.8. The zero-order valence-electron chi connectivity index (χ0n) is 9.44. The van der Waals surface area contributed by atoms with Crippen molar-refractivity contribution in [3.8, 4) is 11.5 Å². The first-order chi connectivity index (χ1) is 8.12. The van der Waals surface area contributed by atoms with E-state index in [2.05, 4.69) is 5.32 Å². The van der Waals surface area contributed by atoms with Crippen molar-refractivity contribution >= 4 is 17.5 Å². The molecule has 0 aliphatic heterocycles. The van der Waals surface area contributed by atoms with E-state index in [0.717, 1.165) is 0 Å². The minimum Gasteiger partial charge on any atom is -0.497 e. The van der Waals surface area contributed by atoms with Gasteiger partial charge in [-0.25, -0.2) is 5.84 Å². The molecule has 0 unspecified atom stereocenters. The van der Waals surface area contributed by atoms with E-state index in [0.29, 0.717) is 17.2 Å². The minimum atomic E-state index is -0.949. The van der Waals surface area contributed by atoms with E-state index in [1.165, 1.54) is 20.3 Å². The highest BCUT2D eigenvalue weighted by atomic mass is 16.5. The van der Waals surface area contributed by atoms with Gasteiger partial charge in [0.1, 0.15) is 11.5 Å². The lowest BCUT2D eigenvalue weighted by Crippen LogP contribution is -2.39. The first-order valence-electron chi connectivity index (χ1n) is 4.66. The van der Waals surface area contributed by atoms with Gasteiger partial charge in [0.15, 0.2) is 0 Å². The SMILES string of the molecule is COc1ccc(OC)c(NC(=O)C(=O)NN)c1. The molecule has 0 saturated heterocycles. The molecule has 4 N–H and O–H groups in total. The number of methoxy groups -OCH3 is 2.